The predicted octanol–water partition coefficient (Wildman–Crippen LogP) is 2.44. The highest BCUT2D eigenvalue weighted by Crippen LogP contribution is 2.22. The van der Waals surface area contributed by atoms with Gasteiger partial charge in [-0.05, 0) is 42.0 Å². The van der Waals surface area contributed by atoms with Crippen LogP contribution in [0, 0.1) is 0 Å². The number of nitrogens with zero attached hydrogens (tertiary/aromatic N) is 4. The van der Waals surface area contributed by atoms with Gasteiger partial charge in [-0.3, -0.25) is 0 Å². The summed E-state index contributed by atoms with van der Waals surface area (Å²) in [6.07, 6.45) is 1.09. The minimum atomic E-state index is -3.61. The van der Waals surface area contributed by atoms with Gasteiger partial charge in [0, 0.05) is 31.9 Å². The van der Waals surface area contributed by atoms with E-state index in [4.69, 9.17) is 4.74 Å². The topological polar surface area (TPSA) is 89.4 Å². The maximum Gasteiger partial charge on any atom is 0.254 e. The van der Waals surface area contributed by atoms with E-state index in [1.54, 1.807) is 31.4 Å². The Labute approximate surface area is 164 Å². The summed E-state index contributed by atoms with van der Waals surface area (Å²) in [7, 11) is 1.92. The Hall–Kier alpha value is -3.07. The highest BCUT2D eigenvalue weighted by Gasteiger charge is 2.18. The van der Waals surface area contributed by atoms with E-state index >= 15 is 0 Å². The standard InChI is InChI=1S/C19H23N5O3S/c1-23(2)16-9-5-14(6-10-16)13-20-19-21-18(22-24(19)28(4,25)26)15-7-11-17(27-3)12-8-15/h5-12H,13H2,1-4H3,(H,20,21,22). The average Bonchev–Trinajstić information content (AvgIpc) is 3.11. The summed E-state index contributed by atoms with van der Waals surface area (Å²) in [5.74, 6) is 1.19. The molecule has 0 aliphatic carbocycles. The van der Waals surface area contributed by atoms with Crippen LogP contribution in [0.15, 0.2) is 48.5 Å². The molecular formula is C19H23N5O3S. The summed E-state index contributed by atoms with van der Waals surface area (Å²) in [6, 6.07) is 15.1. The lowest BCUT2D eigenvalue weighted by molar-refractivity contribution is 0.415. The minimum Gasteiger partial charge on any atom is -0.497 e. The monoisotopic (exact) mass is 401 g/mol. The van der Waals surface area contributed by atoms with E-state index in [-0.39, 0.29) is 5.95 Å². The van der Waals surface area contributed by atoms with Crippen LogP contribution in [0.2, 0.25) is 0 Å². The molecule has 28 heavy (non-hydrogen) atoms. The maximum absolute atomic E-state index is 12.1. The van der Waals surface area contributed by atoms with Crippen molar-refractivity contribution in [1.82, 2.24) is 14.2 Å². The van der Waals surface area contributed by atoms with Gasteiger partial charge in [-0.1, -0.05) is 12.1 Å². The summed E-state index contributed by atoms with van der Waals surface area (Å²) in [4.78, 5) is 6.39. The summed E-state index contributed by atoms with van der Waals surface area (Å²) in [5, 5.41) is 7.23. The molecule has 0 saturated heterocycles. The molecule has 9 heteroatoms. The van der Waals surface area contributed by atoms with Crippen LogP contribution < -0.4 is 15.0 Å². The number of hydrogen-bond acceptors (Lipinski definition) is 7. The van der Waals surface area contributed by atoms with Crippen LogP contribution in [0.5, 0.6) is 5.75 Å². The summed E-state index contributed by atoms with van der Waals surface area (Å²) < 4.78 is 30.3. The zero-order valence-corrected chi connectivity index (χ0v) is 17.1. The summed E-state index contributed by atoms with van der Waals surface area (Å²) in [6.45, 7) is 0.421. The number of nitrogens with one attached hydrogen (secondary N) is 1. The number of ether oxygens (including phenoxy) is 1. The summed E-state index contributed by atoms with van der Waals surface area (Å²) >= 11 is 0. The molecule has 3 rings (SSSR count). The third-order valence-corrected chi connectivity index (χ3v) is 5.03. The Kier molecular flexibility index (Phi) is 5.55. The van der Waals surface area contributed by atoms with Crippen LogP contribution >= 0.6 is 0 Å². The van der Waals surface area contributed by atoms with Crippen molar-refractivity contribution in [2.45, 2.75) is 6.54 Å². The molecule has 0 amide bonds. The van der Waals surface area contributed by atoms with E-state index in [0.717, 1.165) is 21.6 Å². The molecule has 0 spiro atoms. The minimum absolute atomic E-state index is 0.171. The van der Waals surface area contributed by atoms with Gasteiger partial charge >= 0.3 is 0 Å². The van der Waals surface area contributed by atoms with E-state index in [2.05, 4.69) is 15.4 Å². The molecule has 3 aromatic rings. The van der Waals surface area contributed by atoms with Crippen LogP contribution in [0.1, 0.15) is 5.56 Å². The van der Waals surface area contributed by atoms with Crippen LogP contribution in [0.25, 0.3) is 11.4 Å². The normalized spacial score (nSPS) is 11.3. The van der Waals surface area contributed by atoms with Gasteiger partial charge in [0.1, 0.15) is 5.75 Å². The Bertz CT molecular complexity index is 1040. The van der Waals surface area contributed by atoms with Crippen LogP contribution in [0.3, 0.4) is 0 Å². The molecule has 1 aromatic heterocycles. The van der Waals surface area contributed by atoms with Crippen molar-refractivity contribution < 1.29 is 13.2 Å². The maximum atomic E-state index is 12.1. The van der Waals surface area contributed by atoms with Gasteiger partial charge in [-0.25, -0.2) is 8.42 Å². The number of aromatic nitrogens is 3. The highest BCUT2D eigenvalue weighted by molar-refractivity contribution is 7.89. The van der Waals surface area contributed by atoms with Gasteiger partial charge in [-0.2, -0.15) is 4.98 Å². The molecule has 0 unspecified atom stereocenters. The molecule has 0 aliphatic heterocycles. The second-order valence-corrected chi connectivity index (χ2v) is 8.32. The van der Waals surface area contributed by atoms with Gasteiger partial charge in [0.2, 0.25) is 5.95 Å². The van der Waals surface area contributed by atoms with Crippen molar-refractivity contribution in [3.63, 3.8) is 0 Å². The van der Waals surface area contributed by atoms with Crippen molar-refractivity contribution >= 4 is 21.7 Å². The van der Waals surface area contributed by atoms with Gasteiger partial charge in [0.25, 0.3) is 10.0 Å². The Morgan fingerprint density at radius 3 is 2.25 bits per heavy atom. The highest BCUT2D eigenvalue weighted by atomic mass is 32.2. The Morgan fingerprint density at radius 2 is 1.71 bits per heavy atom. The lowest BCUT2D eigenvalue weighted by atomic mass is 10.2. The van der Waals surface area contributed by atoms with Crippen molar-refractivity contribution in [2.24, 2.45) is 0 Å². The van der Waals surface area contributed by atoms with E-state index in [1.807, 2.05) is 43.3 Å². The number of methoxy groups -OCH3 is 1. The Morgan fingerprint density at radius 1 is 1.07 bits per heavy atom. The number of benzene rings is 2. The van der Waals surface area contributed by atoms with Gasteiger partial charge in [0.05, 0.1) is 13.4 Å². The van der Waals surface area contributed by atoms with Gasteiger partial charge in [-0.15, -0.1) is 9.19 Å². The molecule has 2 aromatic carbocycles. The molecule has 0 fully saturated rings. The summed E-state index contributed by atoms with van der Waals surface area (Å²) in [5.41, 5.74) is 2.78. The number of hydrogen-bond donors (Lipinski definition) is 1. The van der Waals surface area contributed by atoms with Gasteiger partial charge < -0.3 is 15.0 Å². The van der Waals surface area contributed by atoms with Crippen molar-refractivity contribution in [1.29, 1.82) is 0 Å². The molecule has 1 heterocycles. The quantitative estimate of drug-likeness (QED) is 0.650. The first-order chi connectivity index (χ1) is 13.3. The fraction of sp³-hybridized carbons (Fsp3) is 0.263. The molecule has 1 N–H and O–H groups in total. The second kappa shape index (κ2) is 7.89. The molecule has 0 bridgehead atoms. The molecule has 148 valence electrons. The first kappa shape index (κ1) is 19.7. The molecular weight excluding hydrogens is 378 g/mol. The molecule has 0 aliphatic rings. The first-order valence-corrected chi connectivity index (χ1v) is 10.4. The second-order valence-electron chi connectivity index (χ2n) is 6.51. The van der Waals surface area contributed by atoms with E-state index in [1.165, 1.54) is 0 Å². The Balaban J connectivity index is 1.85. The van der Waals surface area contributed by atoms with E-state index < -0.39 is 10.0 Å². The van der Waals surface area contributed by atoms with Gasteiger partial charge in [0.15, 0.2) is 5.82 Å². The van der Waals surface area contributed by atoms with Crippen molar-refractivity contribution in [3.05, 3.63) is 54.1 Å². The third-order valence-electron chi connectivity index (χ3n) is 4.14. The average molecular weight is 401 g/mol. The third kappa shape index (κ3) is 4.42. The fourth-order valence-electron chi connectivity index (χ4n) is 2.59. The van der Waals surface area contributed by atoms with Crippen LogP contribution in [-0.2, 0) is 16.6 Å². The zero-order valence-electron chi connectivity index (χ0n) is 16.2. The molecule has 0 atom stereocenters. The predicted molar refractivity (Wildman–Crippen MR) is 110 cm³/mol. The lowest BCUT2D eigenvalue weighted by Crippen LogP contribution is -2.16. The molecule has 8 nitrogen and oxygen atoms in total. The smallest absolute Gasteiger partial charge is 0.254 e. The first-order valence-electron chi connectivity index (χ1n) is 8.60. The van der Waals surface area contributed by atoms with Crippen LogP contribution in [0.4, 0.5) is 11.6 Å². The number of anilines is 2. The van der Waals surface area contributed by atoms with Crippen molar-refractivity contribution in [3.8, 4) is 17.1 Å². The molecule has 0 saturated carbocycles. The molecule has 0 radical (unpaired) electrons. The van der Waals surface area contributed by atoms with E-state index in [0.29, 0.717) is 23.7 Å². The number of rotatable bonds is 7. The fourth-order valence-corrected chi connectivity index (χ4v) is 3.24. The van der Waals surface area contributed by atoms with Crippen LogP contribution in [-0.4, -0.2) is 50.0 Å². The zero-order chi connectivity index (χ0) is 20.3. The SMILES string of the molecule is COc1ccc(-c2nc(NCc3ccc(N(C)C)cc3)n(S(C)(=O)=O)n2)cc1. The van der Waals surface area contributed by atoms with E-state index in [9.17, 15) is 8.42 Å². The lowest BCUT2D eigenvalue weighted by Gasteiger charge is -2.13. The largest absolute Gasteiger partial charge is 0.497 e. The van der Waals surface area contributed by atoms with Crippen molar-refractivity contribution in [2.75, 3.05) is 37.7 Å².